The zero-order valence-corrected chi connectivity index (χ0v) is 9.25. The van der Waals surface area contributed by atoms with Crippen molar-refractivity contribution in [3.05, 3.63) is 29.6 Å². The number of benzene rings is 1. The number of halogens is 1. The van der Waals surface area contributed by atoms with Crippen molar-refractivity contribution in [2.45, 2.75) is 19.0 Å². The Hall–Kier alpha value is -1.13. The van der Waals surface area contributed by atoms with Gasteiger partial charge in [-0.25, -0.2) is 4.39 Å². The smallest absolute Gasteiger partial charge is 0.123 e. The average Bonchev–Trinajstić information content (AvgIpc) is 2.18. The summed E-state index contributed by atoms with van der Waals surface area (Å²) >= 11 is 0. The van der Waals surface area contributed by atoms with Crippen molar-refractivity contribution < 1.29 is 9.13 Å². The second-order valence-electron chi connectivity index (χ2n) is 3.51. The number of likely N-dealkylation sites (N-methyl/N-ethyl adjacent to an activating group) is 1. The highest BCUT2D eigenvalue weighted by Crippen LogP contribution is 2.27. The molecular weight excluding hydrogens is 195 g/mol. The van der Waals surface area contributed by atoms with Gasteiger partial charge in [-0.2, -0.15) is 0 Å². The van der Waals surface area contributed by atoms with Crippen molar-refractivity contribution >= 4 is 0 Å². The van der Waals surface area contributed by atoms with Gasteiger partial charge in [0.25, 0.3) is 0 Å². The van der Waals surface area contributed by atoms with Crippen LogP contribution in [0.1, 0.15) is 18.5 Å². The normalized spacial score (nSPS) is 14.7. The fourth-order valence-corrected chi connectivity index (χ4v) is 1.65. The molecule has 0 aromatic heterocycles. The van der Waals surface area contributed by atoms with Crippen molar-refractivity contribution in [3.8, 4) is 5.75 Å². The zero-order chi connectivity index (χ0) is 11.4. The number of rotatable bonds is 4. The third-order valence-corrected chi connectivity index (χ3v) is 2.36. The summed E-state index contributed by atoms with van der Waals surface area (Å²) in [5, 5.41) is 3.05. The second-order valence-corrected chi connectivity index (χ2v) is 3.51. The number of methoxy groups -OCH3 is 1. The Balaban J connectivity index is 3.13. The number of nitrogens with one attached hydrogen (secondary N) is 1. The molecule has 0 heterocycles. The summed E-state index contributed by atoms with van der Waals surface area (Å²) in [6.45, 7) is 1.87. The van der Waals surface area contributed by atoms with E-state index in [9.17, 15) is 4.39 Å². The van der Waals surface area contributed by atoms with Crippen LogP contribution in [0.5, 0.6) is 5.75 Å². The molecule has 0 aliphatic rings. The largest absolute Gasteiger partial charge is 0.496 e. The van der Waals surface area contributed by atoms with Crippen LogP contribution in [0.2, 0.25) is 0 Å². The molecule has 1 rings (SSSR count). The maximum Gasteiger partial charge on any atom is 0.123 e. The van der Waals surface area contributed by atoms with Gasteiger partial charge in [0.2, 0.25) is 0 Å². The van der Waals surface area contributed by atoms with E-state index in [1.165, 1.54) is 12.1 Å². The van der Waals surface area contributed by atoms with Crippen molar-refractivity contribution in [1.82, 2.24) is 5.32 Å². The molecule has 3 nitrogen and oxygen atoms in total. The molecule has 0 radical (unpaired) electrons. The van der Waals surface area contributed by atoms with Crippen molar-refractivity contribution in [1.29, 1.82) is 0 Å². The zero-order valence-electron chi connectivity index (χ0n) is 9.25. The van der Waals surface area contributed by atoms with Crippen LogP contribution in [0.4, 0.5) is 4.39 Å². The quantitative estimate of drug-likeness (QED) is 0.794. The van der Waals surface area contributed by atoms with Crippen molar-refractivity contribution in [2.75, 3.05) is 14.2 Å². The molecular formula is C11H17FN2O. The molecule has 0 bridgehead atoms. The number of hydrogen-bond acceptors (Lipinski definition) is 3. The third kappa shape index (κ3) is 2.67. The van der Waals surface area contributed by atoms with Gasteiger partial charge in [0.05, 0.1) is 13.2 Å². The van der Waals surface area contributed by atoms with E-state index in [0.717, 1.165) is 5.56 Å². The van der Waals surface area contributed by atoms with E-state index in [4.69, 9.17) is 10.5 Å². The number of nitrogens with two attached hydrogens (primary N) is 1. The van der Waals surface area contributed by atoms with Gasteiger partial charge in [-0.05, 0) is 32.2 Å². The van der Waals surface area contributed by atoms with E-state index in [1.54, 1.807) is 20.2 Å². The first-order chi connectivity index (χ1) is 7.10. The molecule has 2 atom stereocenters. The van der Waals surface area contributed by atoms with Crippen molar-refractivity contribution in [2.24, 2.45) is 5.73 Å². The van der Waals surface area contributed by atoms with Crippen LogP contribution in [0, 0.1) is 5.82 Å². The summed E-state index contributed by atoms with van der Waals surface area (Å²) in [6, 6.07) is 4.19. The first-order valence-electron chi connectivity index (χ1n) is 4.86. The molecule has 0 fully saturated rings. The van der Waals surface area contributed by atoms with Crippen LogP contribution < -0.4 is 15.8 Å². The maximum absolute atomic E-state index is 13.1. The Morgan fingerprint density at radius 2 is 2.13 bits per heavy atom. The summed E-state index contributed by atoms with van der Waals surface area (Å²) in [5.74, 6) is 0.361. The molecule has 84 valence electrons. The van der Waals surface area contributed by atoms with Crippen LogP contribution >= 0.6 is 0 Å². The lowest BCUT2D eigenvalue weighted by atomic mass is 10.00. The van der Waals surface area contributed by atoms with Gasteiger partial charge in [-0.3, -0.25) is 0 Å². The van der Waals surface area contributed by atoms with Crippen LogP contribution in [0.15, 0.2) is 18.2 Å². The lowest BCUT2D eigenvalue weighted by Crippen LogP contribution is -2.34. The topological polar surface area (TPSA) is 47.3 Å². The standard InChI is InChI=1S/C11H17FN2O/c1-7(13)11(14-2)9-6-8(12)4-5-10(9)15-3/h4-7,11,14H,13H2,1-3H3. The molecule has 4 heteroatoms. The van der Waals surface area contributed by atoms with Gasteiger partial charge in [0.1, 0.15) is 11.6 Å². The van der Waals surface area contributed by atoms with Crippen molar-refractivity contribution in [3.63, 3.8) is 0 Å². The molecule has 1 aromatic rings. The van der Waals surface area contributed by atoms with Gasteiger partial charge in [0.15, 0.2) is 0 Å². The minimum atomic E-state index is -0.285. The summed E-state index contributed by atoms with van der Waals surface area (Å²) < 4.78 is 18.3. The summed E-state index contributed by atoms with van der Waals surface area (Å²) in [6.07, 6.45) is 0. The van der Waals surface area contributed by atoms with E-state index in [1.807, 2.05) is 6.92 Å². The average molecular weight is 212 g/mol. The first kappa shape index (κ1) is 11.9. The van der Waals surface area contributed by atoms with E-state index in [2.05, 4.69) is 5.32 Å². The second kappa shape index (κ2) is 5.09. The summed E-state index contributed by atoms with van der Waals surface area (Å²) in [4.78, 5) is 0. The summed E-state index contributed by atoms with van der Waals surface area (Å²) in [7, 11) is 3.35. The number of ether oxygens (including phenoxy) is 1. The van der Waals surface area contributed by atoms with Gasteiger partial charge in [-0.15, -0.1) is 0 Å². The molecule has 0 amide bonds. The third-order valence-electron chi connectivity index (χ3n) is 2.36. The monoisotopic (exact) mass is 212 g/mol. The van der Waals surface area contributed by atoms with E-state index < -0.39 is 0 Å². The van der Waals surface area contributed by atoms with Crippen LogP contribution in [0.25, 0.3) is 0 Å². The fourth-order valence-electron chi connectivity index (χ4n) is 1.65. The van der Waals surface area contributed by atoms with E-state index >= 15 is 0 Å². The van der Waals surface area contributed by atoms with Gasteiger partial charge < -0.3 is 15.8 Å². The molecule has 2 unspecified atom stereocenters. The molecule has 0 spiro atoms. The van der Waals surface area contributed by atoms with Crippen LogP contribution in [0.3, 0.4) is 0 Å². The van der Waals surface area contributed by atoms with E-state index in [-0.39, 0.29) is 17.9 Å². The van der Waals surface area contributed by atoms with Gasteiger partial charge in [0, 0.05) is 11.6 Å². The van der Waals surface area contributed by atoms with Gasteiger partial charge >= 0.3 is 0 Å². The fraction of sp³-hybridized carbons (Fsp3) is 0.455. The lowest BCUT2D eigenvalue weighted by Gasteiger charge is -2.22. The summed E-state index contributed by atoms with van der Waals surface area (Å²) in [5.41, 5.74) is 6.56. The van der Waals surface area contributed by atoms with E-state index in [0.29, 0.717) is 5.75 Å². The minimum absolute atomic E-state index is 0.115. The Labute approximate surface area is 89.4 Å². The molecule has 0 aliphatic carbocycles. The Morgan fingerprint density at radius 1 is 1.47 bits per heavy atom. The number of hydrogen-bond donors (Lipinski definition) is 2. The maximum atomic E-state index is 13.1. The SMILES string of the molecule is CNC(c1cc(F)ccc1OC)C(C)N. The molecule has 0 saturated carbocycles. The molecule has 0 aliphatic heterocycles. The predicted octanol–water partition coefficient (Wildman–Crippen LogP) is 1.44. The van der Waals surface area contributed by atoms with Gasteiger partial charge in [-0.1, -0.05) is 0 Å². The van der Waals surface area contributed by atoms with Crippen LogP contribution in [-0.4, -0.2) is 20.2 Å². The molecule has 3 N–H and O–H groups in total. The molecule has 15 heavy (non-hydrogen) atoms. The Morgan fingerprint density at radius 3 is 2.60 bits per heavy atom. The minimum Gasteiger partial charge on any atom is -0.496 e. The highest BCUT2D eigenvalue weighted by molar-refractivity contribution is 5.37. The lowest BCUT2D eigenvalue weighted by molar-refractivity contribution is 0.392. The Kier molecular flexibility index (Phi) is 4.05. The highest BCUT2D eigenvalue weighted by Gasteiger charge is 2.18. The molecule has 0 saturated heterocycles. The Bertz CT molecular complexity index is 328. The van der Waals surface area contributed by atoms with Crippen LogP contribution in [-0.2, 0) is 0 Å². The first-order valence-corrected chi connectivity index (χ1v) is 4.86. The molecule has 1 aromatic carbocycles. The highest BCUT2D eigenvalue weighted by atomic mass is 19.1. The predicted molar refractivity (Wildman–Crippen MR) is 58.4 cm³/mol.